The third-order valence-electron chi connectivity index (χ3n) is 7.72. The Labute approximate surface area is 201 Å². The molecule has 4 nitrogen and oxygen atoms in total. The van der Waals surface area contributed by atoms with Crippen molar-refractivity contribution in [1.29, 1.82) is 0 Å². The van der Waals surface area contributed by atoms with E-state index in [2.05, 4.69) is 28.1 Å². The fourth-order valence-corrected chi connectivity index (χ4v) is 5.72. The summed E-state index contributed by atoms with van der Waals surface area (Å²) < 4.78 is 19.0. The van der Waals surface area contributed by atoms with Gasteiger partial charge in [-0.25, -0.2) is 4.39 Å². The average Bonchev–Trinajstić information content (AvgIpc) is 3.11. The highest BCUT2D eigenvalue weighted by atomic mass is 19.1. The number of halogens is 1. The second kappa shape index (κ2) is 10.2. The van der Waals surface area contributed by atoms with Gasteiger partial charge >= 0.3 is 0 Å². The van der Waals surface area contributed by atoms with Crippen LogP contribution in [0.1, 0.15) is 43.2 Å². The SMILES string of the molecule is O=C(N1CCC[C@H](Cc2ccc3ccncc3c2)CC1)C1(Cc2ccc(F)cc2)CCOCC1. The van der Waals surface area contributed by atoms with Gasteiger partial charge in [-0.1, -0.05) is 24.3 Å². The third kappa shape index (κ3) is 5.15. The van der Waals surface area contributed by atoms with Crippen LogP contribution in [0.4, 0.5) is 4.39 Å². The van der Waals surface area contributed by atoms with Crippen molar-refractivity contribution in [2.24, 2.45) is 11.3 Å². The molecular weight excluding hydrogens is 427 g/mol. The molecule has 1 aromatic heterocycles. The van der Waals surface area contributed by atoms with Crippen molar-refractivity contribution >= 4 is 16.7 Å². The van der Waals surface area contributed by atoms with Crippen molar-refractivity contribution in [2.45, 2.75) is 44.9 Å². The minimum absolute atomic E-state index is 0.239. The summed E-state index contributed by atoms with van der Waals surface area (Å²) in [5, 5.41) is 2.41. The van der Waals surface area contributed by atoms with E-state index in [-0.39, 0.29) is 11.7 Å². The van der Waals surface area contributed by atoms with Gasteiger partial charge in [-0.05, 0) is 91.6 Å². The molecule has 2 saturated heterocycles. The number of hydrogen-bond acceptors (Lipinski definition) is 3. The molecule has 0 saturated carbocycles. The predicted molar refractivity (Wildman–Crippen MR) is 132 cm³/mol. The molecule has 3 aromatic rings. The number of nitrogens with zero attached hydrogens (tertiary/aromatic N) is 2. The number of aromatic nitrogens is 1. The summed E-state index contributed by atoms with van der Waals surface area (Å²) in [5.74, 6) is 0.601. The van der Waals surface area contributed by atoms with Crippen LogP contribution >= 0.6 is 0 Å². The van der Waals surface area contributed by atoms with Gasteiger partial charge in [0.15, 0.2) is 0 Å². The molecular formula is C29H33FN2O2. The summed E-state index contributed by atoms with van der Waals surface area (Å²) >= 11 is 0. The van der Waals surface area contributed by atoms with Crippen molar-refractivity contribution in [2.75, 3.05) is 26.3 Å². The summed E-state index contributed by atoms with van der Waals surface area (Å²) in [4.78, 5) is 20.3. The lowest BCUT2D eigenvalue weighted by molar-refractivity contribution is -0.148. The van der Waals surface area contributed by atoms with Gasteiger partial charge in [0.25, 0.3) is 0 Å². The molecule has 2 aromatic carbocycles. The maximum Gasteiger partial charge on any atom is 0.229 e. The van der Waals surface area contributed by atoms with Gasteiger partial charge in [-0.2, -0.15) is 0 Å². The van der Waals surface area contributed by atoms with E-state index >= 15 is 0 Å². The first-order valence-corrected chi connectivity index (χ1v) is 12.6. The Bertz CT molecular complexity index is 1120. The molecule has 0 radical (unpaired) electrons. The molecule has 0 aliphatic carbocycles. The molecule has 1 atom stereocenters. The molecule has 0 N–H and O–H groups in total. The highest BCUT2D eigenvalue weighted by molar-refractivity contribution is 5.83. The van der Waals surface area contributed by atoms with Gasteiger partial charge in [0.05, 0.1) is 5.41 Å². The van der Waals surface area contributed by atoms with Gasteiger partial charge in [0.1, 0.15) is 5.82 Å². The van der Waals surface area contributed by atoms with Crippen molar-refractivity contribution in [1.82, 2.24) is 9.88 Å². The Morgan fingerprint density at radius 2 is 1.79 bits per heavy atom. The summed E-state index contributed by atoms with van der Waals surface area (Å²) in [6, 6.07) is 15.3. The first-order valence-electron chi connectivity index (χ1n) is 12.6. The fraction of sp³-hybridized carbons (Fsp3) is 0.448. The molecule has 0 spiro atoms. The lowest BCUT2D eigenvalue weighted by atomic mass is 9.74. The number of fused-ring (bicyclic) bond motifs is 1. The Kier molecular flexibility index (Phi) is 6.91. The van der Waals surface area contributed by atoms with Crippen LogP contribution in [0.5, 0.6) is 0 Å². The molecule has 5 heteroatoms. The van der Waals surface area contributed by atoms with E-state index in [0.717, 1.165) is 57.2 Å². The first kappa shape index (κ1) is 23.0. The van der Waals surface area contributed by atoms with E-state index < -0.39 is 5.41 Å². The lowest BCUT2D eigenvalue weighted by Crippen LogP contribution is -2.48. The minimum atomic E-state index is -0.443. The van der Waals surface area contributed by atoms with E-state index in [1.807, 2.05) is 30.6 Å². The van der Waals surface area contributed by atoms with Crippen LogP contribution in [0.25, 0.3) is 10.8 Å². The van der Waals surface area contributed by atoms with Crippen molar-refractivity contribution < 1.29 is 13.9 Å². The Morgan fingerprint density at radius 1 is 1.00 bits per heavy atom. The van der Waals surface area contributed by atoms with Crippen LogP contribution in [0.15, 0.2) is 60.9 Å². The second-order valence-corrected chi connectivity index (χ2v) is 10.0. The van der Waals surface area contributed by atoms with E-state index in [9.17, 15) is 9.18 Å². The van der Waals surface area contributed by atoms with Crippen LogP contribution in [0.3, 0.4) is 0 Å². The molecule has 2 aliphatic rings. The monoisotopic (exact) mass is 460 g/mol. The summed E-state index contributed by atoms with van der Waals surface area (Å²) in [6.07, 6.45) is 10.1. The highest BCUT2D eigenvalue weighted by Gasteiger charge is 2.42. The number of ether oxygens (including phenoxy) is 1. The standard InChI is InChI=1S/C29H33FN2O2/c30-27-7-4-23(5-8-27)20-29(11-16-34-17-12-29)28(33)32-14-1-2-22(10-15-32)18-24-3-6-25-9-13-31-21-26(25)19-24/h3-9,13,19,21-22H,1-2,10-12,14-18,20H2/t22-/m0/s1. The number of hydrogen-bond donors (Lipinski definition) is 0. The normalized spacial score (nSPS) is 20.7. The summed E-state index contributed by atoms with van der Waals surface area (Å²) in [6.45, 7) is 2.86. The Hall–Kier alpha value is -2.79. The van der Waals surface area contributed by atoms with Crippen LogP contribution in [0, 0.1) is 17.2 Å². The Balaban J connectivity index is 1.26. The van der Waals surface area contributed by atoms with E-state index in [4.69, 9.17) is 4.74 Å². The minimum Gasteiger partial charge on any atom is -0.381 e. The zero-order chi connectivity index (χ0) is 23.4. The highest BCUT2D eigenvalue weighted by Crippen LogP contribution is 2.37. The van der Waals surface area contributed by atoms with Gasteiger partial charge in [-0.3, -0.25) is 9.78 Å². The van der Waals surface area contributed by atoms with Gasteiger partial charge in [0.2, 0.25) is 5.91 Å². The van der Waals surface area contributed by atoms with Crippen LogP contribution in [-0.4, -0.2) is 42.1 Å². The summed E-state index contributed by atoms with van der Waals surface area (Å²) in [7, 11) is 0. The molecule has 2 aliphatic heterocycles. The maximum absolute atomic E-state index is 13.9. The van der Waals surface area contributed by atoms with E-state index in [0.29, 0.717) is 25.6 Å². The van der Waals surface area contributed by atoms with Gasteiger partial charge < -0.3 is 9.64 Å². The van der Waals surface area contributed by atoms with Crippen LogP contribution < -0.4 is 0 Å². The third-order valence-corrected chi connectivity index (χ3v) is 7.72. The van der Waals surface area contributed by atoms with Crippen molar-refractivity contribution in [3.63, 3.8) is 0 Å². The molecule has 3 heterocycles. The topological polar surface area (TPSA) is 42.4 Å². The number of amides is 1. The molecule has 34 heavy (non-hydrogen) atoms. The molecule has 0 unspecified atom stereocenters. The molecule has 5 rings (SSSR count). The Morgan fingerprint density at radius 3 is 2.62 bits per heavy atom. The van der Waals surface area contributed by atoms with Crippen molar-refractivity contribution in [3.05, 3.63) is 77.9 Å². The molecule has 178 valence electrons. The van der Waals surface area contributed by atoms with E-state index in [1.165, 1.54) is 28.5 Å². The first-order chi connectivity index (χ1) is 16.6. The number of pyridine rings is 1. The number of rotatable bonds is 5. The summed E-state index contributed by atoms with van der Waals surface area (Å²) in [5.41, 5.74) is 1.93. The van der Waals surface area contributed by atoms with Gasteiger partial charge in [0, 0.05) is 44.1 Å². The number of carbonyl (C=O) groups is 1. The molecule has 2 fully saturated rings. The second-order valence-electron chi connectivity index (χ2n) is 10.0. The van der Waals surface area contributed by atoms with Crippen LogP contribution in [-0.2, 0) is 22.4 Å². The zero-order valence-corrected chi connectivity index (χ0v) is 19.7. The number of benzene rings is 2. The number of carbonyl (C=O) groups excluding carboxylic acids is 1. The maximum atomic E-state index is 13.9. The smallest absolute Gasteiger partial charge is 0.229 e. The van der Waals surface area contributed by atoms with Gasteiger partial charge in [-0.15, -0.1) is 0 Å². The van der Waals surface area contributed by atoms with E-state index in [1.54, 1.807) is 0 Å². The zero-order valence-electron chi connectivity index (χ0n) is 19.7. The largest absolute Gasteiger partial charge is 0.381 e. The van der Waals surface area contributed by atoms with Crippen LogP contribution in [0.2, 0.25) is 0 Å². The number of likely N-dealkylation sites (tertiary alicyclic amines) is 1. The quantitative estimate of drug-likeness (QED) is 0.499. The van der Waals surface area contributed by atoms with Crippen molar-refractivity contribution in [3.8, 4) is 0 Å². The predicted octanol–water partition coefficient (Wildman–Crippen LogP) is 5.58. The molecule has 1 amide bonds. The lowest BCUT2D eigenvalue weighted by Gasteiger charge is -2.40. The fourth-order valence-electron chi connectivity index (χ4n) is 5.72. The average molecular weight is 461 g/mol. The molecule has 0 bridgehead atoms.